The Balaban J connectivity index is 1.85. The van der Waals surface area contributed by atoms with Gasteiger partial charge in [0.15, 0.2) is 0 Å². The van der Waals surface area contributed by atoms with Gasteiger partial charge in [-0.1, -0.05) is 60.7 Å². The summed E-state index contributed by atoms with van der Waals surface area (Å²) in [5.41, 5.74) is -2.07. The first kappa shape index (κ1) is 18.8. The summed E-state index contributed by atoms with van der Waals surface area (Å²) < 4.78 is 0. The van der Waals surface area contributed by atoms with Crippen LogP contribution >= 0.6 is 0 Å². The number of benzene rings is 8. The average molecular weight is 488 g/mol. The number of aromatic amines is 2. The fourth-order valence-electron chi connectivity index (χ4n) is 7.52. The monoisotopic (exact) mass is 488 g/mol. The molecule has 0 spiro atoms. The first-order chi connectivity index (χ1) is 18.5. The first-order valence-corrected chi connectivity index (χ1v) is 12.4. The molecule has 174 valence electrons. The number of nitrogens with one attached hydrogen (secondary N) is 2. The van der Waals surface area contributed by atoms with Crippen molar-refractivity contribution < 1.29 is 0 Å². The van der Waals surface area contributed by atoms with Crippen LogP contribution in [0.3, 0.4) is 0 Å². The normalized spacial score (nSPS) is 13.2. The van der Waals surface area contributed by atoms with Crippen LogP contribution < -0.4 is 22.2 Å². The SMILES string of the molecule is O=c1[nH]c(=O)c2c1c1ccc3ccc4ccc5c6ccccc6c6c7c(=O)[nH]c(=O)c7c2c2c1c3c4c5c62. The maximum atomic E-state index is 13.5. The van der Waals surface area contributed by atoms with Gasteiger partial charge in [0.1, 0.15) is 0 Å². The van der Waals surface area contributed by atoms with E-state index in [2.05, 4.69) is 34.2 Å². The summed E-state index contributed by atoms with van der Waals surface area (Å²) in [6.45, 7) is 0. The van der Waals surface area contributed by atoms with E-state index in [1.54, 1.807) is 0 Å². The molecular formula is C32H12N2O4. The van der Waals surface area contributed by atoms with Crippen LogP contribution in [-0.2, 0) is 0 Å². The Bertz CT molecular complexity index is 2920. The second kappa shape index (κ2) is 5.63. The topological polar surface area (TPSA) is 99.9 Å². The van der Waals surface area contributed by atoms with E-state index in [1.807, 2.05) is 36.4 Å². The highest BCUT2D eigenvalue weighted by molar-refractivity contribution is 6.54. The Hall–Kier alpha value is -5.36. The zero-order chi connectivity index (χ0) is 25.2. The molecule has 0 saturated heterocycles. The lowest BCUT2D eigenvalue weighted by Crippen LogP contribution is -2.06. The van der Waals surface area contributed by atoms with Crippen LogP contribution in [-0.4, -0.2) is 9.97 Å². The van der Waals surface area contributed by atoms with Crippen LogP contribution in [0.2, 0.25) is 0 Å². The molecule has 0 aliphatic carbocycles. The standard InChI is InChI=1S/C32H12N2O4/c35-29-22-16-10-8-12-6-5-11-7-9-15-13-3-1-2-4-14(13)20-23-19(15)17(11)18(12)21(16)24(23)25(27(22)31(37)33-29)28-26(20)30(36)34-32(28)38/h1-10H,(H,33,35,37)(H,34,36,38). The van der Waals surface area contributed by atoms with Crippen molar-refractivity contribution in [1.29, 1.82) is 0 Å². The van der Waals surface area contributed by atoms with Crippen molar-refractivity contribution in [1.82, 2.24) is 9.97 Å². The van der Waals surface area contributed by atoms with Gasteiger partial charge < -0.3 is 0 Å². The predicted molar refractivity (Wildman–Crippen MR) is 154 cm³/mol. The second-order valence-corrected chi connectivity index (χ2v) is 10.4. The van der Waals surface area contributed by atoms with E-state index in [-0.39, 0.29) is 21.5 Å². The van der Waals surface area contributed by atoms with Gasteiger partial charge in [-0.2, -0.15) is 0 Å². The minimum atomic E-state index is -0.547. The van der Waals surface area contributed by atoms with Crippen LogP contribution in [0.25, 0.3) is 97.0 Å². The van der Waals surface area contributed by atoms with Gasteiger partial charge in [0.25, 0.3) is 22.2 Å². The molecule has 10 aromatic rings. The summed E-state index contributed by atoms with van der Waals surface area (Å²) >= 11 is 0. The second-order valence-electron chi connectivity index (χ2n) is 10.4. The van der Waals surface area contributed by atoms with Crippen LogP contribution in [0.5, 0.6) is 0 Å². The van der Waals surface area contributed by atoms with E-state index < -0.39 is 22.2 Å². The largest absolute Gasteiger partial charge is 0.288 e. The number of hydrogen-bond donors (Lipinski definition) is 2. The van der Waals surface area contributed by atoms with E-state index >= 15 is 0 Å². The van der Waals surface area contributed by atoms with Crippen LogP contribution in [0.1, 0.15) is 0 Å². The Morgan fingerprint density at radius 1 is 0.316 bits per heavy atom. The molecule has 2 heterocycles. The number of fused-ring (bicyclic) bond motifs is 9. The van der Waals surface area contributed by atoms with Gasteiger partial charge in [-0.3, -0.25) is 29.1 Å². The molecule has 0 atom stereocenters. The summed E-state index contributed by atoms with van der Waals surface area (Å²) in [4.78, 5) is 58.3. The summed E-state index contributed by atoms with van der Waals surface area (Å²) in [5.74, 6) is 0. The van der Waals surface area contributed by atoms with E-state index in [4.69, 9.17) is 0 Å². The molecule has 0 radical (unpaired) electrons. The van der Waals surface area contributed by atoms with Crippen LogP contribution in [0.4, 0.5) is 0 Å². The molecule has 2 N–H and O–H groups in total. The molecule has 0 aliphatic heterocycles. The molecule has 38 heavy (non-hydrogen) atoms. The fourth-order valence-corrected chi connectivity index (χ4v) is 7.52. The van der Waals surface area contributed by atoms with Gasteiger partial charge in [-0.25, -0.2) is 0 Å². The van der Waals surface area contributed by atoms with E-state index in [1.165, 1.54) is 0 Å². The number of H-pyrrole nitrogens is 2. The lowest BCUT2D eigenvalue weighted by Gasteiger charge is -2.23. The van der Waals surface area contributed by atoms with Gasteiger partial charge in [0, 0.05) is 21.5 Å². The molecule has 0 aliphatic rings. The number of hydrogen-bond acceptors (Lipinski definition) is 4. The molecular weight excluding hydrogens is 476 g/mol. The number of rotatable bonds is 0. The highest BCUT2D eigenvalue weighted by Crippen LogP contribution is 2.53. The van der Waals surface area contributed by atoms with Crippen molar-refractivity contribution >= 4 is 97.0 Å². The molecule has 2 aromatic heterocycles. The molecule has 0 unspecified atom stereocenters. The van der Waals surface area contributed by atoms with Gasteiger partial charge in [-0.05, 0) is 53.9 Å². The summed E-state index contributed by atoms with van der Waals surface area (Å²) in [6.07, 6.45) is 0. The Labute approximate surface area is 209 Å². The van der Waals surface area contributed by atoms with Gasteiger partial charge >= 0.3 is 0 Å². The van der Waals surface area contributed by atoms with Gasteiger partial charge in [0.05, 0.1) is 21.5 Å². The third-order valence-corrected chi connectivity index (χ3v) is 8.79. The average Bonchev–Trinajstić information content (AvgIpc) is 3.40. The van der Waals surface area contributed by atoms with Crippen molar-refractivity contribution in [2.45, 2.75) is 0 Å². The Kier molecular flexibility index (Phi) is 2.79. The molecule has 10 rings (SSSR count). The highest BCUT2D eigenvalue weighted by Gasteiger charge is 2.30. The number of aromatic nitrogens is 2. The van der Waals surface area contributed by atoms with Crippen molar-refractivity contribution in [2.24, 2.45) is 0 Å². The van der Waals surface area contributed by atoms with Crippen molar-refractivity contribution in [3.63, 3.8) is 0 Å². The van der Waals surface area contributed by atoms with Crippen molar-refractivity contribution in [3.8, 4) is 0 Å². The zero-order valence-corrected chi connectivity index (χ0v) is 19.4. The molecule has 6 heteroatoms. The highest BCUT2D eigenvalue weighted by atomic mass is 16.2. The minimum absolute atomic E-state index is 0.174. The van der Waals surface area contributed by atoms with Gasteiger partial charge in [0.2, 0.25) is 0 Å². The maximum absolute atomic E-state index is 13.5. The Morgan fingerprint density at radius 3 is 1.39 bits per heavy atom. The summed E-state index contributed by atoms with van der Waals surface area (Å²) in [6, 6.07) is 20.2. The minimum Gasteiger partial charge on any atom is -0.288 e. The van der Waals surface area contributed by atoms with Crippen molar-refractivity contribution in [3.05, 3.63) is 102 Å². The van der Waals surface area contributed by atoms with Crippen LogP contribution in [0.15, 0.2) is 79.8 Å². The molecule has 6 nitrogen and oxygen atoms in total. The van der Waals surface area contributed by atoms with Gasteiger partial charge in [-0.15, -0.1) is 0 Å². The first-order valence-electron chi connectivity index (χ1n) is 12.4. The lowest BCUT2D eigenvalue weighted by atomic mass is 9.78. The molecule has 0 amide bonds. The van der Waals surface area contributed by atoms with E-state index in [9.17, 15) is 19.2 Å². The zero-order valence-electron chi connectivity index (χ0n) is 19.4. The Morgan fingerprint density at radius 2 is 0.711 bits per heavy atom. The molecule has 8 aromatic carbocycles. The molecule has 0 bridgehead atoms. The van der Waals surface area contributed by atoms with E-state index in [0.717, 1.165) is 59.2 Å². The predicted octanol–water partition coefficient (Wildman–Crippen LogP) is 5.35. The smallest absolute Gasteiger partial charge is 0.259 e. The maximum Gasteiger partial charge on any atom is 0.259 e. The van der Waals surface area contributed by atoms with Crippen LogP contribution in [0, 0.1) is 0 Å². The molecule has 0 saturated carbocycles. The lowest BCUT2D eigenvalue weighted by molar-refractivity contribution is 1.26. The molecule has 0 fully saturated rings. The summed E-state index contributed by atoms with van der Waals surface area (Å²) in [7, 11) is 0. The quantitative estimate of drug-likeness (QED) is 0.222. The third-order valence-electron chi connectivity index (χ3n) is 8.79. The van der Waals surface area contributed by atoms with Crippen molar-refractivity contribution in [2.75, 3.05) is 0 Å². The third kappa shape index (κ3) is 1.73. The summed E-state index contributed by atoms with van der Waals surface area (Å²) in [5, 5.41) is 13.2. The fraction of sp³-hybridized carbons (Fsp3) is 0. The van der Waals surface area contributed by atoms with E-state index in [0.29, 0.717) is 16.2 Å².